The number of nitrogens with two attached hydrogens (primary N) is 1. The van der Waals surface area contributed by atoms with Gasteiger partial charge in [-0.25, -0.2) is 4.57 Å². The molecule has 11 nitrogen and oxygen atoms in total. The van der Waals surface area contributed by atoms with Crippen molar-refractivity contribution in [3.8, 4) is 0 Å². The number of esters is 2. The Morgan fingerprint density at radius 1 is 0.711 bits per heavy atom. The molecule has 0 spiro atoms. The van der Waals surface area contributed by atoms with Crippen molar-refractivity contribution < 1.29 is 47.5 Å². The summed E-state index contributed by atoms with van der Waals surface area (Å²) in [5, 5.41) is 8.81. The Kier molecular flexibility index (Phi) is 26.8. The maximum Gasteiger partial charge on any atom is 0.472 e. The van der Waals surface area contributed by atoms with Gasteiger partial charge in [-0.15, -0.1) is 0 Å². The predicted molar refractivity (Wildman–Crippen MR) is 175 cm³/mol. The highest BCUT2D eigenvalue weighted by Crippen LogP contribution is 2.43. The third-order valence-electron chi connectivity index (χ3n) is 6.16. The Morgan fingerprint density at radius 3 is 1.84 bits per heavy atom. The SMILES string of the molecule is CC/C=C/C=C/C=C/C=C/C=C/CCCC(=O)OC(COC(=O)CCCCCCCCCC)COP(=O)(O)OC[C@H](N)C(=O)O. The number of hydrogen-bond acceptors (Lipinski definition) is 9. The van der Waals surface area contributed by atoms with Gasteiger partial charge in [0, 0.05) is 12.8 Å². The van der Waals surface area contributed by atoms with Crippen LogP contribution in [0.25, 0.3) is 0 Å². The van der Waals surface area contributed by atoms with E-state index >= 15 is 0 Å². The number of unbranched alkanes of at least 4 members (excludes halogenated alkanes) is 8. The van der Waals surface area contributed by atoms with Gasteiger partial charge in [0.05, 0.1) is 13.2 Å². The van der Waals surface area contributed by atoms with Crippen LogP contribution < -0.4 is 5.73 Å². The number of rotatable bonds is 28. The average Bonchev–Trinajstić information content (AvgIpc) is 3.00. The van der Waals surface area contributed by atoms with Gasteiger partial charge in [0.15, 0.2) is 6.10 Å². The molecule has 0 aliphatic rings. The molecule has 3 atom stereocenters. The summed E-state index contributed by atoms with van der Waals surface area (Å²) < 4.78 is 32.2. The average molecular weight is 656 g/mol. The van der Waals surface area contributed by atoms with E-state index in [1.165, 1.54) is 25.7 Å². The van der Waals surface area contributed by atoms with Gasteiger partial charge in [-0.2, -0.15) is 0 Å². The molecule has 2 unspecified atom stereocenters. The molecule has 45 heavy (non-hydrogen) atoms. The highest BCUT2D eigenvalue weighted by molar-refractivity contribution is 7.47. The second kappa shape index (κ2) is 28.6. The minimum atomic E-state index is -4.72. The maximum absolute atomic E-state index is 12.4. The van der Waals surface area contributed by atoms with Crippen LogP contribution in [0.2, 0.25) is 0 Å². The molecule has 0 aromatic rings. The lowest BCUT2D eigenvalue weighted by atomic mass is 10.1. The van der Waals surface area contributed by atoms with E-state index in [4.69, 9.17) is 24.8 Å². The Hall–Kier alpha value is -2.82. The van der Waals surface area contributed by atoms with Crippen LogP contribution in [0.4, 0.5) is 0 Å². The molecule has 4 N–H and O–H groups in total. The lowest BCUT2D eigenvalue weighted by Gasteiger charge is -2.20. The number of phosphoric acid groups is 1. The third kappa shape index (κ3) is 28.4. The fourth-order valence-corrected chi connectivity index (χ4v) is 4.40. The van der Waals surface area contributed by atoms with E-state index in [1.54, 1.807) is 0 Å². The van der Waals surface area contributed by atoms with Crippen molar-refractivity contribution in [2.75, 3.05) is 19.8 Å². The molecule has 0 rings (SSSR count). The molecule has 12 heteroatoms. The van der Waals surface area contributed by atoms with Crippen molar-refractivity contribution in [1.82, 2.24) is 0 Å². The van der Waals surface area contributed by atoms with Crippen LogP contribution >= 0.6 is 7.82 Å². The lowest BCUT2D eigenvalue weighted by molar-refractivity contribution is -0.161. The second-order valence-electron chi connectivity index (χ2n) is 10.3. The second-order valence-corrected chi connectivity index (χ2v) is 11.8. The first-order valence-electron chi connectivity index (χ1n) is 15.9. The van der Waals surface area contributed by atoms with Gasteiger partial charge in [-0.3, -0.25) is 23.4 Å². The zero-order valence-electron chi connectivity index (χ0n) is 26.9. The van der Waals surface area contributed by atoms with Gasteiger partial charge in [-0.05, 0) is 25.7 Å². The molecule has 0 aliphatic carbocycles. The van der Waals surface area contributed by atoms with Crippen LogP contribution in [-0.4, -0.2) is 59.9 Å². The normalized spacial score (nSPS) is 14.9. The number of aliphatic carboxylic acids is 1. The summed E-state index contributed by atoms with van der Waals surface area (Å²) in [5.41, 5.74) is 5.28. The minimum absolute atomic E-state index is 0.0630. The monoisotopic (exact) mass is 655 g/mol. The molecule has 0 saturated carbocycles. The van der Waals surface area contributed by atoms with Gasteiger partial charge >= 0.3 is 25.7 Å². The Balaban J connectivity index is 4.71. The molecule has 0 fully saturated rings. The molecule has 256 valence electrons. The van der Waals surface area contributed by atoms with Gasteiger partial charge in [0.2, 0.25) is 0 Å². The van der Waals surface area contributed by atoms with Gasteiger partial charge in [0.1, 0.15) is 12.6 Å². The van der Waals surface area contributed by atoms with Crippen molar-refractivity contribution in [3.05, 3.63) is 60.8 Å². The van der Waals surface area contributed by atoms with Crippen molar-refractivity contribution in [2.45, 2.75) is 109 Å². The number of carboxylic acids is 1. The zero-order valence-corrected chi connectivity index (χ0v) is 27.8. The number of ether oxygens (including phenoxy) is 2. The molecule has 0 radical (unpaired) electrons. The summed E-state index contributed by atoms with van der Waals surface area (Å²) in [6.07, 6.45) is 29.1. The smallest absolute Gasteiger partial charge is 0.472 e. The van der Waals surface area contributed by atoms with Gasteiger partial charge in [0.25, 0.3) is 0 Å². The van der Waals surface area contributed by atoms with Crippen molar-refractivity contribution in [1.29, 1.82) is 0 Å². The number of carbonyl (C=O) groups is 3. The van der Waals surface area contributed by atoms with Crippen LogP contribution in [-0.2, 0) is 37.5 Å². The number of carboxylic acid groups (broad SMARTS) is 1. The molecule has 0 saturated heterocycles. The predicted octanol–water partition coefficient (Wildman–Crippen LogP) is 6.88. The summed E-state index contributed by atoms with van der Waals surface area (Å²) in [4.78, 5) is 45.3. The molecular weight excluding hydrogens is 601 g/mol. The van der Waals surface area contributed by atoms with Gasteiger partial charge in [-0.1, -0.05) is 120 Å². The highest BCUT2D eigenvalue weighted by Gasteiger charge is 2.28. The molecule has 0 aromatic carbocycles. The van der Waals surface area contributed by atoms with Crippen LogP contribution in [0.5, 0.6) is 0 Å². The van der Waals surface area contributed by atoms with Crippen molar-refractivity contribution in [2.24, 2.45) is 5.73 Å². The maximum atomic E-state index is 12.4. The summed E-state index contributed by atoms with van der Waals surface area (Å²) in [6, 6.07) is -1.53. The fourth-order valence-electron chi connectivity index (χ4n) is 3.62. The van der Waals surface area contributed by atoms with Crippen LogP contribution in [0.1, 0.15) is 97.3 Å². The minimum Gasteiger partial charge on any atom is -0.480 e. The van der Waals surface area contributed by atoms with Gasteiger partial charge < -0.3 is 25.2 Å². The first-order chi connectivity index (χ1) is 21.6. The first-order valence-corrected chi connectivity index (χ1v) is 17.4. The van der Waals surface area contributed by atoms with Crippen molar-refractivity contribution >= 4 is 25.7 Å². The van der Waals surface area contributed by atoms with E-state index in [-0.39, 0.29) is 19.4 Å². The van der Waals surface area contributed by atoms with E-state index in [1.807, 2.05) is 54.7 Å². The summed E-state index contributed by atoms with van der Waals surface area (Å²) in [5.74, 6) is -2.49. The summed E-state index contributed by atoms with van der Waals surface area (Å²) in [6.45, 7) is 2.48. The van der Waals surface area contributed by atoms with Crippen LogP contribution in [0, 0.1) is 0 Å². The largest absolute Gasteiger partial charge is 0.480 e. The molecule has 0 amide bonds. The van der Waals surface area contributed by atoms with Crippen LogP contribution in [0.15, 0.2) is 60.8 Å². The third-order valence-corrected chi connectivity index (χ3v) is 7.11. The molecule has 0 heterocycles. The highest BCUT2D eigenvalue weighted by atomic mass is 31.2. The van der Waals surface area contributed by atoms with E-state index in [0.717, 1.165) is 25.7 Å². The fraction of sp³-hybridized carbons (Fsp3) is 0.606. The molecule has 0 bridgehead atoms. The number of carbonyl (C=O) groups excluding carboxylic acids is 2. The number of hydrogen-bond donors (Lipinski definition) is 3. The zero-order chi connectivity index (χ0) is 33.6. The van der Waals surface area contributed by atoms with E-state index in [9.17, 15) is 23.8 Å². The van der Waals surface area contributed by atoms with E-state index < -0.39 is 51.1 Å². The first kappa shape index (κ1) is 42.2. The van der Waals surface area contributed by atoms with E-state index in [0.29, 0.717) is 19.3 Å². The summed E-state index contributed by atoms with van der Waals surface area (Å²) >= 11 is 0. The molecular formula is C33H54NO10P. The Morgan fingerprint density at radius 2 is 1.24 bits per heavy atom. The Bertz CT molecular complexity index is 1010. The Labute approximate surface area is 268 Å². The molecule has 0 aliphatic heterocycles. The number of allylic oxidation sites excluding steroid dienone is 10. The van der Waals surface area contributed by atoms with Crippen LogP contribution in [0.3, 0.4) is 0 Å². The summed E-state index contributed by atoms with van der Waals surface area (Å²) in [7, 11) is -4.72. The molecule has 0 aromatic heterocycles. The van der Waals surface area contributed by atoms with Crippen molar-refractivity contribution in [3.63, 3.8) is 0 Å². The quantitative estimate of drug-likeness (QED) is 0.0347. The number of phosphoric ester groups is 1. The standard InChI is InChI=1S/C33H54NO10P/c1-3-5-7-9-11-13-14-15-16-17-19-21-23-25-32(36)44-29(27-42-45(39,40)43-28-30(34)33(37)38)26-41-31(35)24-22-20-18-12-10-8-6-4-2/h5,7,9,11,13-17,19,29-30H,3-4,6,8,10,12,18,20-28,34H2,1-2H3,(H,37,38)(H,39,40)/b7-5+,11-9+,14-13+,16-15+,19-17+/t29?,30-/m0/s1. The lowest BCUT2D eigenvalue weighted by Crippen LogP contribution is -2.34. The van der Waals surface area contributed by atoms with E-state index in [2.05, 4.69) is 24.4 Å². The topological polar surface area (TPSA) is 172 Å².